The summed E-state index contributed by atoms with van der Waals surface area (Å²) in [6, 6.07) is 4.29. The lowest BCUT2D eigenvalue weighted by Gasteiger charge is -2.20. The average molecular weight is 355 g/mol. The molecular weight excluding hydrogens is 342 g/mol. The van der Waals surface area contributed by atoms with Crippen LogP contribution in [0.25, 0.3) is 0 Å². The predicted molar refractivity (Wildman–Crippen MR) is 81.9 cm³/mol. The molecule has 1 aliphatic heterocycles. The van der Waals surface area contributed by atoms with Crippen molar-refractivity contribution in [2.75, 3.05) is 23.9 Å². The summed E-state index contributed by atoms with van der Waals surface area (Å²) in [5, 5.41) is 2.29. The minimum absolute atomic E-state index is 0.117. The zero-order valence-electron chi connectivity index (χ0n) is 13.1. The van der Waals surface area contributed by atoms with E-state index < -0.39 is 29.2 Å². The van der Waals surface area contributed by atoms with Crippen LogP contribution in [0.1, 0.15) is 12.8 Å². The third-order valence-electron chi connectivity index (χ3n) is 3.81. The number of benzene rings is 1. The first-order valence-electron chi connectivity index (χ1n) is 7.37. The molecule has 1 aliphatic rings. The summed E-state index contributed by atoms with van der Waals surface area (Å²) in [7, 11) is 1.42. The van der Waals surface area contributed by atoms with E-state index in [4.69, 9.17) is 4.74 Å². The Kier molecular flexibility index (Phi) is 4.47. The topological polar surface area (TPSA) is 54.5 Å². The molecule has 1 fully saturated rings. The maximum atomic E-state index is 13.7. The van der Waals surface area contributed by atoms with E-state index in [0.29, 0.717) is 30.8 Å². The van der Waals surface area contributed by atoms with Crippen LogP contribution in [0.4, 0.5) is 34.6 Å². The Hall–Kier alpha value is -2.84. The molecular formula is C16H13F4N3O2. The highest BCUT2D eigenvalue weighted by molar-refractivity contribution is 5.97. The third kappa shape index (κ3) is 3.09. The standard InChI is InChI=1S/C16H13F4N3O2/c1-25-10-5-4-8(7-9(10)23-6-2-3-11(23)24)21-14-12(17)15(19)22-16(20)13(14)18/h4-5,7H,2-3,6H2,1H3,(H,21,22). The number of halogens is 4. The molecule has 0 unspecified atom stereocenters. The number of hydrogen-bond acceptors (Lipinski definition) is 4. The number of nitrogens with one attached hydrogen (secondary N) is 1. The van der Waals surface area contributed by atoms with Crippen molar-refractivity contribution >= 4 is 23.0 Å². The van der Waals surface area contributed by atoms with Gasteiger partial charge in [0.15, 0.2) is 0 Å². The van der Waals surface area contributed by atoms with E-state index in [1.165, 1.54) is 30.2 Å². The first-order chi connectivity index (χ1) is 11.9. The molecule has 0 radical (unpaired) electrons. The molecule has 0 spiro atoms. The molecule has 0 aliphatic carbocycles. The molecule has 1 aromatic heterocycles. The Morgan fingerprint density at radius 3 is 2.40 bits per heavy atom. The van der Waals surface area contributed by atoms with Crippen LogP contribution in [0.2, 0.25) is 0 Å². The van der Waals surface area contributed by atoms with Crippen molar-refractivity contribution in [1.29, 1.82) is 0 Å². The van der Waals surface area contributed by atoms with Crippen molar-refractivity contribution in [2.24, 2.45) is 0 Å². The van der Waals surface area contributed by atoms with Crippen LogP contribution in [0.15, 0.2) is 18.2 Å². The molecule has 1 saturated heterocycles. The van der Waals surface area contributed by atoms with Crippen LogP contribution in [0.3, 0.4) is 0 Å². The lowest BCUT2D eigenvalue weighted by molar-refractivity contribution is -0.117. The van der Waals surface area contributed by atoms with Gasteiger partial charge in [0.05, 0.1) is 12.8 Å². The van der Waals surface area contributed by atoms with Crippen molar-refractivity contribution < 1.29 is 27.1 Å². The Bertz CT molecular complexity index is 818. The number of nitrogens with zero attached hydrogens (tertiary/aromatic N) is 2. The van der Waals surface area contributed by atoms with Gasteiger partial charge in [-0.15, -0.1) is 0 Å². The van der Waals surface area contributed by atoms with E-state index in [1.54, 1.807) is 0 Å². The summed E-state index contributed by atoms with van der Waals surface area (Å²) >= 11 is 0. The van der Waals surface area contributed by atoms with E-state index in [2.05, 4.69) is 10.3 Å². The van der Waals surface area contributed by atoms with Gasteiger partial charge in [0.1, 0.15) is 11.4 Å². The molecule has 0 atom stereocenters. The van der Waals surface area contributed by atoms with Crippen molar-refractivity contribution in [3.63, 3.8) is 0 Å². The van der Waals surface area contributed by atoms with E-state index in [0.717, 1.165) is 0 Å². The monoisotopic (exact) mass is 355 g/mol. The number of ether oxygens (including phenoxy) is 1. The number of pyridine rings is 1. The molecule has 25 heavy (non-hydrogen) atoms. The van der Waals surface area contributed by atoms with Crippen LogP contribution in [-0.4, -0.2) is 24.5 Å². The highest BCUT2D eigenvalue weighted by Gasteiger charge is 2.26. The van der Waals surface area contributed by atoms with Crippen LogP contribution < -0.4 is 15.0 Å². The minimum atomic E-state index is -1.76. The molecule has 1 N–H and O–H groups in total. The Labute approximate surface area is 140 Å². The molecule has 9 heteroatoms. The third-order valence-corrected chi connectivity index (χ3v) is 3.81. The van der Waals surface area contributed by atoms with Gasteiger partial charge in [-0.1, -0.05) is 0 Å². The summed E-state index contributed by atoms with van der Waals surface area (Å²) in [4.78, 5) is 15.9. The number of amides is 1. The van der Waals surface area contributed by atoms with Gasteiger partial charge in [-0.25, -0.2) is 0 Å². The maximum absolute atomic E-state index is 13.7. The van der Waals surface area contributed by atoms with Crippen LogP contribution in [-0.2, 0) is 4.79 Å². The van der Waals surface area contributed by atoms with Gasteiger partial charge in [0.25, 0.3) is 11.9 Å². The Morgan fingerprint density at radius 2 is 1.84 bits per heavy atom. The number of carbonyl (C=O) groups is 1. The molecule has 2 heterocycles. The normalized spacial score (nSPS) is 14.1. The highest BCUT2D eigenvalue weighted by Crippen LogP contribution is 2.35. The smallest absolute Gasteiger partial charge is 0.253 e. The first-order valence-corrected chi connectivity index (χ1v) is 7.37. The minimum Gasteiger partial charge on any atom is -0.495 e. The van der Waals surface area contributed by atoms with Gasteiger partial charge in [-0.3, -0.25) is 4.79 Å². The van der Waals surface area contributed by atoms with Gasteiger partial charge in [0.2, 0.25) is 17.5 Å². The second kappa shape index (κ2) is 6.58. The summed E-state index contributed by atoms with van der Waals surface area (Å²) < 4.78 is 59.1. The number of hydrogen-bond donors (Lipinski definition) is 1. The van der Waals surface area contributed by atoms with Gasteiger partial charge < -0.3 is 15.0 Å². The average Bonchev–Trinajstić information content (AvgIpc) is 3.02. The number of anilines is 3. The van der Waals surface area contributed by atoms with Crippen molar-refractivity contribution in [2.45, 2.75) is 12.8 Å². The molecule has 1 amide bonds. The number of aromatic nitrogens is 1. The molecule has 0 saturated carbocycles. The van der Waals surface area contributed by atoms with Crippen molar-refractivity contribution in [3.05, 3.63) is 41.7 Å². The molecule has 5 nitrogen and oxygen atoms in total. The summed E-state index contributed by atoms with van der Waals surface area (Å²) in [5.74, 6) is -6.54. The fraction of sp³-hybridized carbons (Fsp3) is 0.250. The molecule has 1 aromatic carbocycles. The van der Waals surface area contributed by atoms with Gasteiger partial charge in [-0.2, -0.15) is 22.5 Å². The van der Waals surface area contributed by atoms with E-state index in [-0.39, 0.29) is 11.6 Å². The lowest BCUT2D eigenvalue weighted by Crippen LogP contribution is -2.24. The summed E-state index contributed by atoms with van der Waals surface area (Å²) in [5.41, 5.74) is -0.488. The number of methoxy groups -OCH3 is 1. The second-order valence-electron chi connectivity index (χ2n) is 5.36. The number of rotatable bonds is 4. The molecule has 3 rings (SSSR count). The molecule has 0 bridgehead atoms. The van der Waals surface area contributed by atoms with E-state index >= 15 is 0 Å². The fourth-order valence-electron chi connectivity index (χ4n) is 2.62. The quantitative estimate of drug-likeness (QED) is 0.674. The van der Waals surface area contributed by atoms with Gasteiger partial charge in [0, 0.05) is 18.7 Å². The number of carbonyl (C=O) groups excluding carboxylic acids is 1. The van der Waals surface area contributed by atoms with Gasteiger partial charge >= 0.3 is 0 Å². The summed E-state index contributed by atoms with van der Waals surface area (Å²) in [6.07, 6.45) is 1.05. The van der Waals surface area contributed by atoms with Gasteiger partial charge in [-0.05, 0) is 24.6 Å². The van der Waals surface area contributed by atoms with Crippen molar-refractivity contribution in [1.82, 2.24) is 4.98 Å². The molecule has 2 aromatic rings. The zero-order chi connectivity index (χ0) is 18.1. The van der Waals surface area contributed by atoms with Crippen molar-refractivity contribution in [3.8, 4) is 5.75 Å². The lowest BCUT2D eigenvalue weighted by atomic mass is 10.2. The fourth-order valence-corrected chi connectivity index (χ4v) is 2.62. The van der Waals surface area contributed by atoms with Crippen LogP contribution in [0.5, 0.6) is 5.75 Å². The SMILES string of the molecule is COc1ccc(Nc2c(F)c(F)nc(F)c2F)cc1N1CCCC1=O. The zero-order valence-corrected chi connectivity index (χ0v) is 13.1. The van der Waals surface area contributed by atoms with Crippen LogP contribution >= 0.6 is 0 Å². The van der Waals surface area contributed by atoms with Crippen LogP contribution in [0, 0.1) is 23.5 Å². The Morgan fingerprint density at radius 1 is 1.16 bits per heavy atom. The highest BCUT2D eigenvalue weighted by atomic mass is 19.2. The maximum Gasteiger partial charge on any atom is 0.253 e. The predicted octanol–water partition coefficient (Wildman–Crippen LogP) is 3.52. The van der Waals surface area contributed by atoms with E-state index in [9.17, 15) is 22.4 Å². The molecule has 132 valence electrons. The largest absolute Gasteiger partial charge is 0.495 e. The van der Waals surface area contributed by atoms with E-state index in [1.807, 2.05) is 0 Å². The summed E-state index contributed by atoms with van der Waals surface area (Å²) in [6.45, 7) is 0.472. The first kappa shape index (κ1) is 17.0. The Balaban J connectivity index is 2.01. The second-order valence-corrected chi connectivity index (χ2v) is 5.36.